The highest BCUT2D eigenvalue weighted by Crippen LogP contribution is 2.30. The molecule has 0 aliphatic heterocycles. The van der Waals surface area contributed by atoms with Crippen LogP contribution in [0.1, 0.15) is 27.5 Å². The van der Waals surface area contributed by atoms with Crippen molar-refractivity contribution in [3.63, 3.8) is 0 Å². The summed E-state index contributed by atoms with van der Waals surface area (Å²) >= 11 is 0. The highest BCUT2D eigenvalue weighted by Gasteiger charge is 2.37. The Labute approximate surface area is 118 Å². The van der Waals surface area contributed by atoms with Gasteiger partial charge in [-0.15, -0.1) is 0 Å². The number of carbonyl (C=O) groups is 1. The lowest BCUT2D eigenvalue weighted by atomic mass is 9.98. The van der Waals surface area contributed by atoms with Gasteiger partial charge in [0.25, 0.3) is 0 Å². The number of ketones is 1. The number of alkyl halides is 3. The van der Waals surface area contributed by atoms with Crippen molar-refractivity contribution in [3.05, 3.63) is 71.0 Å². The van der Waals surface area contributed by atoms with Crippen LogP contribution in [0.4, 0.5) is 17.6 Å². The SMILES string of the molecule is NC(c1cccc(C(=O)c2ccc(F)cc2)c1)C(F)(F)F. The molecule has 0 fully saturated rings. The molecule has 21 heavy (non-hydrogen) atoms. The average molecular weight is 297 g/mol. The van der Waals surface area contributed by atoms with E-state index in [0.29, 0.717) is 0 Å². The largest absolute Gasteiger partial charge is 0.407 e. The van der Waals surface area contributed by atoms with Gasteiger partial charge in [-0.2, -0.15) is 13.2 Å². The lowest BCUT2D eigenvalue weighted by molar-refractivity contribution is -0.149. The number of rotatable bonds is 3. The van der Waals surface area contributed by atoms with Gasteiger partial charge in [-0.3, -0.25) is 4.79 Å². The Morgan fingerprint density at radius 3 is 2.19 bits per heavy atom. The van der Waals surface area contributed by atoms with Crippen LogP contribution in [0.5, 0.6) is 0 Å². The summed E-state index contributed by atoms with van der Waals surface area (Å²) in [5.74, 6) is -0.995. The van der Waals surface area contributed by atoms with E-state index in [1.807, 2.05) is 0 Å². The lowest BCUT2D eigenvalue weighted by Gasteiger charge is -2.16. The molecule has 2 nitrogen and oxygen atoms in total. The zero-order chi connectivity index (χ0) is 15.6. The van der Waals surface area contributed by atoms with Crippen molar-refractivity contribution in [2.45, 2.75) is 12.2 Å². The van der Waals surface area contributed by atoms with Gasteiger partial charge in [0.05, 0.1) is 0 Å². The van der Waals surface area contributed by atoms with Crippen LogP contribution >= 0.6 is 0 Å². The number of nitrogens with two attached hydrogens (primary N) is 1. The Balaban J connectivity index is 2.33. The molecule has 1 unspecified atom stereocenters. The number of benzene rings is 2. The standard InChI is InChI=1S/C15H11F4NO/c16-12-6-4-9(5-7-12)13(21)10-2-1-3-11(8-10)14(20)15(17,18)19/h1-8,14H,20H2. The zero-order valence-corrected chi connectivity index (χ0v) is 10.7. The zero-order valence-electron chi connectivity index (χ0n) is 10.7. The van der Waals surface area contributed by atoms with Gasteiger partial charge in [0.15, 0.2) is 5.78 Å². The quantitative estimate of drug-likeness (QED) is 0.694. The molecule has 1 atom stereocenters. The molecule has 2 aromatic rings. The van der Waals surface area contributed by atoms with Crippen molar-refractivity contribution in [2.24, 2.45) is 5.73 Å². The minimum absolute atomic E-state index is 0.0683. The van der Waals surface area contributed by atoms with Crippen LogP contribution in [-0.2, 0) is 0 Å². The van der Waals surface area contributed by atoms with Crippen molar-refractivity contribution in [1.82, 2.24) is 0 Å². The molecular formula is C15H11F4NO. The van der Waals surface area contributed by atoms with Gasteiger partial charge in [-0.1, -0.05) is 18.2 Å². The summed E-state index contributed by atoms with van der Waals surface area (Å²) in [7, 11) is 0. The number of hydrogen-bond donors (Lipinski definition) is 1. The third-order valence-corrected chi connectivity index (χ3v) is 2.97. The highest BCUT2D eigenvalue weighted by molar-refractivity contribution is 6.09. The van der Waals surface area contributed by atoms with E-state index in [9.17, 15) is 22.4 Å². The minimum Gasteiger partial charge on any atom is -0.316 e. The summed E-state index contributed by atoms with van der Waals surface area (Å²) in [4.78, 5) is 12.1. The summed E-state index contributed by atoms with van der Waals surface area (Å²) in [5, 5.41) is 0. The smallest absolute Gasteiger partial charge is 0.316 e. The first kappa shape index (κ1) is 15.2. The first-order valence-corrected chi connectivity index (χ1v) is 6.01. The van der Waals surface area contributed by atoms with E-state index in [2.05, 4.69) is 0 Å². The van der Waals surface area contributed by atoms with Crippen LogP contribution < -0.4 is 5.73 Å². The van der Waals surface area contributed by atoms with Crippen molar-refractivity contribution >= 4 is 5.78 Å². The molecule has 0 bridgehead atoms. The van der Waals surface area contributed by atoms with Gasteiger partial charge in [-0.25, -0.2) is 4.39 Å². The molecule has 0 radical (unpaired) electrons. The van der Waals surface area contributed by atoms with Gasteiger partial charge in [0.2, 0.25) is 0 Å². The molecule has 0 aliphatic carbocycles. The molecule has 2 N–H and O–H groups in total. The molecule has 6 heteroatoms. The number of halogens is 4. The van der Waals surface area contributed by atoms with E-state index >= 15 is 0 Å². The van der Waals surface area contributed by atoms with Crippen LogP contribution in [0, 0.1) is 5.82 Å². The maximum atomic E-state index is 12.8. The van der Waals surface area contributed by atoms with Gasteiger partial charge in [0.1, 0.15) is 11.9 Å². The first-order chi connectivity index (χ1) is 9.79. The second-order valence-electron chi connectivity index (χ2n) is 4.48. The third-order valence-electron chi connectivity index (χ3n) is 2.97. The Hall–Kier alpha value is -2.21. The van der Waals surface area contributed by atoms with Gasteiger partial charge in [0, 0.05) is 11.1 Å². The second kappa shape index (κ2) is 5.65. The first-order valence-electron chi connectivity index (χ1n) is 6.01. The molecule has 0 saturated heterocycles. The van der Waals surface area contributed by atoms with Crippen LogP contribution in [-0.4, -0.2) is 12.0 Å². The molecule has 0 aliphatic rings. The summed E-state index contributed by atoms with van der Waals surface area (Å²) in [5.41, 5.74) is 5.17. The Bertz CT molecular complexity index is 649. The van der Waals surface area contributed by atoms with E-state index in [4.69, 9.17) is 5.73 Å². The van der Waals surface area contributed by atoms with Crippen molar-refractivity contribution in [2.75, 3.05) is 0 Å². The van der Waals surface area contributed by atoms with E-state index in [1.165, 1.54) is 30.3 Å². The van der Waals surface area contributed by atoms with Crippen LogP contribution in [0.2, 0.25) is 0 Å². The normalized spacial score (nSPS) is 13.0. The fourth-order valence-corrected chi connectivity index (χ4v) is 1.83. The molecule has 0 amide bonds. The summed E-state index contributed by atoms with van der Waals surface area (Å²) in [6, 6.07) is 7.64. The van der Waals surface area contributed by atoms with Crippen molar-refractivity contribution < 1.29 is 22.4 Å². The molecular weight excluding hydrogens is 286 g/mol. The lowest BCUT2D eigenvalue weighted by Crippen LogP contribution is -2.28. The summed E-state index contributed by atoms with van der Waals surface area (Å²) in [6.45, 7) is 0. The maximum Gasteiger partial charge on any atom is 0.407 e. The van der Waals surface area contributed by atoms with Gasteiger partial charge >= 0.3 is 6.18 Å². The Morgan fingerprint density at radius 2 is 1.62 bits per heavy atom. The predicted octanol–water partition coefficient (Wildman–Crippen LogP) is 3.62. The molecule has 0 spiro atoms. The van der Waals surface area contributed by atoms with Crippen LogP contribution in [0.3, 0.4) is 0 Å². The van der Waals surface area contributed by atoms with Crippen molar-refractivity contribution in [3.8, 4) is 0 Å². The number of carbonyl (C=O) groups excluding carboxylic acids is 1. The van der Waals surface area contributed by atoms with Crippen LogP contribution in [0.15, 0.2) is 48.5 Å². The molecule has 0 heterocycles. The van der Waals surface area contributed by atoms with E-state index in [0.717, 1.165) is 18.2 Å². The number of hydrogen-bond acceptors (Lipinski definition) is 2. The van der Waals surface area contributed by atoms with Gasteiger partial charge in [-0.05, 0) is 35.9 Å². The van der Waals surface area contributed by atoms with Crippen LogP contribution in [0.25, 0.3) is 0 Å². The summed E-state index contributed by atoms with van der Waals surface area (Å²) < 4.78 is 50.6. The fourth-order valence-electron chi connectivity index (χ4n) is 1.83. The molecule has 0 saturated carbocycles. The second-order valence-corrected chi connectivity index (χ2v) is 4.48. The van der Waals surface area contributed by atoms with E-state index in [-0.39, 0.29) is 16.7 Å². The summed E-state index contributed by atoms with van der Waals surface area (Å²) in [6.07, 6.45) is -4.59. The predicted molar refractivity (Wildman–Crippen MR) is 69.3 cm³/mol. The third kappa shape index (κ3) is 3.46. The van der Waals surface area contributed by atoms with Crippen molar-refractivity contribution in [1.29, 1.82) is 0 Å². The Kier molecular flexibility index (Phi) is 4.09. The van der Waals surface area contributed by atoms with E-state index in [1.54, 1.807) is 0 Å². The monoisotopic (exact) mass is 297 g/mol. The van der Waals surface area contributed by atoms with E-state index < -0.39 is 23.8 Å². The molecule has 110 valence electrons. The average Bonchev–Trinajstić information content (AvgIpc) is 2.45. The molecule has 0 aromatic heterocycles. The fraction of sp³-hybridized carbons (Fsp3) is 0.133. The molecule has 2 rings (SSSR count). The molecule has 2 aromatic carbocycles. The minimum atomic E-state index is -4.59. The Morgan fingerprint density at radius 1 is 1.00 bits per heavy atom. The van der Waals surface area contributed by atoms with Gasteiger partial charge < -0.3 is 5.73 Å². The maximum absolute atomic E-state index is 12.8. The topological polar surface area (TPSA) is 43.1 Å². The highest BCUT2D eigenvalue weighted by atomic mass is 19.4.